The number of nitrogens with one attached hydrogen (secondary N) is 2. The van der Waals surface area contributed by atoms with E-state index in [1.54, 1.807) is 6.92 Å². The number of nitrogens with zero attached hydrogens (tertiary/aromatic N) is 2. The molecule has 2 aromatic heterocycles. The van der Waals surface area contributed by atoms with Crippen molar-refractivity contribution in [3.05, 3.63) is 46.5 Å². The number of hydrogen-bond donors (Lipinski definition) is 3. The maximum atomic E-state index is 14.0. The van der Waals surface area contributed by atoms with Crippen molar-refractivity contribution in [1.29, 1.82) is 0 Å². The van der Waals surface area contributed by atoms with Crippen molar-refractivity contribution < 1.29 is 37.0 Å². The molecule has 0 radical (unpaired) electrons. The van der Waals surface area contributed by atoms with Crippen LogP contribution in [0.25, 0.3) is 0 Å². The molecule has 2 amide bonds. The van der Waals surface area contributed by atoms with Crippen LogP contribution in [0.1, 0.15) is 41.2 Å². The van der Waals surface area contributed by atoms with Gasteiger partial charge in [0.25, 0.3) is 17.7 Å². The molecule has 0 aromatic carbocycles. The summed E-state index contributed by atoms with van der Waals surface area (Å²) in [5, 5.41) is 14.7. The first-order valence-corrected chi connectivity index (χ1v) is 9.32. The molecular formula is C20H22F4N4O4. The maximum absolute atomic E-state index is 14.0. The molecule has 0 bridgehead atoms. The van der Waals surface area contributed by atoms with Gasteiger partial charge in [-0.3, -0.25) is 9.59 Å². The van der Waals surface area contributed by atoms with Crippen molar-refractivity contribution in [2.24, 2.45) is 0 Å². The molecule has 3 N–H and O–H groups in total. The minimum absolute atomic E-state index is 0.0531. The van der Waals surface area contributed by atoms with E-state index in [4.69, 9.17) is 0 Å². The molecule has 174 valence electrons. The summed E-state index contributed by atoms with van der Waals surface area (Å²) in [6.07, 6.45) is -4.64. The molecule has 0 aliphatic heterocycles. The molecule has 0 unspecified atom stereocenters. The Labute approximate surface area is 181 Å². The number of amides is 2. The number of pyridine rings is 2. The van der Waals surface area contributed by atoms with E-state index in [0.29, 0.717) is 5.69 Å². The average Bonchev–Trinajstić information content (AvgIpc) is 2.65. The van der Waals surface area contributed by atoms with Crippen LogP contribution in [0.3, 0.4) is 0 Å². The first-order valence-electron chi connectivity index (χ1n) is 9.32. The van der Waals surface area contributed by atoms with E-state index in [1.807, 2.05) is 0 Å². The fourth-order valence-corrected chi connectivity index (χ4v) is 2.44. The minimum atomic E-state index is -4.64. The van der Waals surface area contributed by atoms with E-state index in [2.05, 4.69) is 25.3 Å². The summed E-state index contributed by atoms with van der Waals surface area (Å²) in [5.74, 6) is -3.12. The van der Waals surface area contributed by atoms with Crippen LogP contribution in [-0.2, 0) is 11.3 Å². The predicted octanol–water partition coefficient (Wildman–Crippen LogP) is 2.81. The molecule has 0 saturated carbocycles. The second-order valence-corrected chi connectivity index (χ2v) is 7.50. The van der Waals surface area contributed by atoms with Gasteiger partial charge in [0.1, 0.15) is 11.4 Å². The van der Waals surface area contributed by atoms with Gasteiger partial charge in [-0.25, -0.2) is 14.4 Å². The molecule has 0 atom stereocenters. The summed E-state index contributed by atoms with van der Waals surface area (Å²) in [6.45, 7) is 3.77. The van der Waals surface area contributed by atoms with Crippen molar-refractivity contribution in [1.82, 2.24) is 15.3 Å². The number of aryl methyl sites for hydroxylation is 2. The number of carbonyl (C=O) groups is 2. The fraction of sp³-hybridized carbons (Fsp3) is 0.400. The number of aliphatic hydroxyl groups is 1. The van der Waals surface area contributed by atoms with Gasteiger partial charge in [-0.1, -0.05) is 0 Å². The van der Waals surface area contributed by atoms with Crippen LogP contribution in [0.15, 0.2) is 18.2 Å². The second-order valence-electron chi connectivity index (χ2n) is 7.50. The molecule has 0 fully saturated rings. The Balaban J connectivity index is 2.11. The maximum Gasteiger partial charge on any atom is 0.422 e. The molecule has 12 heteroatoms. The molecule has 0 spiro atoms. The monoisotopic (exact) mass is 458 g/mol. The molecular weight excluding hydrogens is 436 g/mol. The third-order valence-electron chi connectivity index (χ3n) is 4.06. The lowest BCUT2D eigenvalue weighted by Crippen LogP contribution is -2.37. The van der Waals surface area contributed by atoms with Gasteiger partial charge < -0.3 is 20.5 Å². The lowest BCUT2D eigenvalue weighted by Gasteiger charge is -2.17. The average molecular weight is 458 g/mol. The van der Waals surface area contributed by atoms with Gasteiger partial charge in [-0.2, -0.15) is 13.2 Å². The number of halogens is 4. The standard InChI is InChI=1S/C20H22F4N4O4/c1-10-5-12(7-15(26-10)28-18(30)19(3,4)31)16(29)25-8-13-6-14(21)17(27-11(13)2)32-9-20(22,23)24/h5-7,31H,8-9H2,1-4H3,(H,25,29)(H,26,28,30). The third kappa shape index (κ3) is 7.15. The zero-order chi connectivity index (χ0) is 24.3. The summed E-state index contributed by atoms with van der Waals surface area (Å²) >= 11 is 0. The summed E-state index contributed by atoms with van der Waals surface area (Å²) in [6, 6.07) is 3.68. The van der Waals surface area contributed by atoms with Crippen molar-refractivity contribution in [3.63, 3.8) is 0 Å². The molecule has 2 rings (SSSR count). The van der Waals surface area contributed by atoms with Crippen LogP contribution in [0.5, 0.6) is 5.88 Å². The van der Waals surface area contributed by atoms with Gasteiger partial charge in [0.2, 0.25) is 0 Å². The molecule has 2 aromatic rings. The Hall–Kier alpha value is -3.28. The van der Waals surface area contributed by atoms with Crippen LogP contribution in [0, 0.1) is 19.7 Å². The van der Waals surface area contributed by atoms with Gasteiger partial charge >= 0.3 is 6.18 Å². The number of anilines is 1. The topological polar surface area (TPSA) is 113 Å². The highest BCUT2D eigenvalue weighted by Crippen LogP contribution is 2.22. The highest BCUT2D eigenvalue weighted by molar-refractivity contribution is 5.98. The van der Waals surface area contributed by atoms with Crippen LogP contribution in [0.4, 0.5) is 23.4 Å². The van der Waals surface area contributed by atoms with E-state index >= 15 is 0 Å². The van der Waals surface area contributed by atoms with E-state index in [1.165, 1.54) is 32.9 Å². The largest absolute Gasteiger partial charge is 0.466 e. The van der Waals surface area contributed by atoms with Crippen LogP contribution >= 0.6 is 0 Å². The molecule has 0 aliphatic rings. The third-order valence-corrected chi connectivity index (χ3v) is 4.06. The van der Waals surface area contributed by atoms with Gasteiger partial charge in [-0.15, -0.1) is 0 Å². The fourth-order valence-electron chi connectivity index (χ4n) is 2.44. The first-order chi connectivity index (χ1) is 14.7. The van der Waals surface area contributed by atoms with Crippen molar-refractivity contribution in [3.8, 4) is 5.88 Å². The normalized spacial score (nSPS) is 11.8. The molecule has 0 saturated heterocycles. The Kier molecular flexibility index (Phi) is 7.39. The SMILES string of the molecule is Cc1cc(C(=O)NCc2cc(F)c(OCC(F)(F)F)nc2C)cc(NC(=O)C(C)(C)O)n1. The van der Waals surface area contributed by atoms with Gasteiger partial charge in [0.15, 0.2) is 12.4 Å². The Bertz CT molecular complexity index is 1020. The summed E-state index contributed by atoms with van der Waals surface area (Å²) in [5.41, 5.74) is -0.693. The van der Waals surface area contributed by atoms with E-state index in [9.17, 15) is 32.3 Å². The minimum Gasteiger partial charge on any atom is -0.466 e. The lowest BCUT2D eigenvalue weighted by atomic mass is 10.1. The highest BCUT2D eigenvalue weighted by Gasteiger charge is 2.29. The van der Waals surface area contributed by atoms with E-state index in [-0.39, 0.29) is 29.2 Å². The van der Waals surface area contributed by atoms with Crippen LogP contribution < -0.4 is 15.4 Å². The number of alkyl halides is 3. The number of hydrogen-bond acceptors (Lipinski definition) is 6. The van der Waals surface area contributed by atoms with Crippen molar-refractivity contribution in [2.75, 3.05) is 11.9 Å². The van der Waals surface area contributed by atoms with Gasteiger partial charge in [-0.05, 0) is 51.5 Å². The molecule has 2 heterocycles. The number of rotatable bonds is 7. The van der Waals surface area contributed by atoms with Crippen LogP contribution in [0.2, 0.25) is 0 Å². The summed E-state index contributed by atoms with van der Waals surface area (Å²) < 4.78 is 55.1. The Morgan fingerprint density at radius 3 is 2.38 bits per heavy atom. The van der Waals surface area contributed by atoms with Crippen molar-refractivity contribution in [2.45, 2.75) is 46.0 Å². The second kappa shape index (κ2) is 9.47. The predicted molar refractivity (Wildman–Crippen MR) is 106 cm³/mol. The van der Waals surface area contributed by atoms with Crippen LogP contribution in [-0.4, -0.2) is 45.3 Å². The first kappa shape index (κ1) is 25.0. The molecule has 8 nitrogen and oxygen atoms in total. The van der Waals surface area contributed by atoms with Crippen molar-refractivity contribution >= 4 is 17.6 Å². The van der Waals surface area contributed by atoms with Gasteiger partial charge in [0.05, 0.1) is 0 Å². The number of carbonyl (C=O) groups excluding carboxylic acids is 2. The summed E-state index contributed by atoms with van der Waals surface area (Å²) in [7, 11) is 0. The zero-order valence-electron chi connectivity index (χ0n) is 17.7. The van der Waals surface area contributed by atoms with E-state index < -0.39 is 41.9 Å². The quantitative estimate of drug-likeness (QED) is 0.550. The van der Waals surface area contributed by atoms with E-state index in [0.717, 1.165) is 6.07 Å². The molecule has 32 heavy (non-hydrogen) atoms. The molecule has 0 aliphatic carbocycles. The van der Waals surface area contributed by atoms with Gasteiger partial charge in [0, 0.05) is 23.5 Å². The highest BCUT2D eigenvalue weighted by atomic mass is 19.4. The zero-order valence-corrected chi connectivity index (χ0v) is 17.7. The number of aromatic nitrogens is 2. The number of ether oxygens (including phenoxy) is 1. The smallest absolute Gasteiger partial charge is 0.422 e. The summed E-state index contributed by atoms with van der Waals surface area (Å²) in [4.78, 5) is 32.2. The Morgan fingerprint density at radius 1 is 1.12 bits per heavy atom. The lowest BCUT2D eigenvalue weighted by molar-refractivity contribution is -0.154. The Morgan fingerprint density at radius 2 is 1.78 bits per heavy atom.